The van der Waals surface area contributed by atoms with Crippen LogP contribution in [0.3, 0.4) is 0 Å². The number of fused-ring (bicyclic) bond motifs is 1. The van der Waals surface area contributed by atoms with Gasteiger partial charge in [-0.2, -0.15) is 5.26 Å². The van der Waals surface area contributed by atoms with E-state index in [4.69, 9.17) is 5.26 Å². The quantitative estimate of drug-likeness (QED) is 0.494. The second kappa shape index (κ2) is 5.76. The zero-order chi connectivity index (χ0) is 14.0. The number of nitriles is 1. The van der Waals surface area contributed by atoms with E-state index < -0.39 is 0 Å². The molecule has 19 heavy (non-hydrogen) atoms. The molecule has 0 N–H and O–H groups in total. The molecule has 0 aliphatic heterocycles. The third-order valence-electron chi connectivity index (χ3n) is 3.03. The molecule has 0 atom stereocenters. The molecule has 0 amide bonds. The molecule has 0 spiro atoms. The SMILES string of the molecule is Cc1sc2nc(SCCCC#N)n(C)c(=O)c2c1C. The van der Waals surface area contributed by atoms with Crippen molar-refractivity contribution in [2.75, 3.05) is 5.75 Å². The summed E-state index contributed by atoms with van der Waals surface area (Å²) < 4.78 is 1.61. The average molecular weight is 293 g/mol. The highest BCUT2D eigenvalue weighted by atomic mass is 32.2. The van der Waals surface area contributed by atoms with E-state index in [9.17, 15) is 4.79 Å². The third kappa shape index (κ3) is 2.67. The number of aromatic nitrogens is 2. The van der Waals surface area contributed by atoms with Gasteiger partial charge in [0.2, 0.25) is 0 Å². The van der Waals surface area contributed by atoms with Crippen LogP contribution in [0.1, 0.15) is 23.3 Å². The first-order valence-corrected chi connectivity index (χ1v) is 7.83. The summed E-state index contributed by atoms with van der Waals surface area (Å²) in [7, 11) is 1.76. The van der Waals surface area contributed by atoms with Crippen LogP contribution in [0, 0.1) is 25.2 Å². The molecule has 0 saturated heterocycles. The van der Waals surface area contributed by atoms with Gasteiger partial charge in [0, 0.05) is 24.1 Å². The molecule has 0 aliphatic carbocycles. The molecule has 2 aromatic heterocycles. The van der Waals surface area contributed by atoms with Gasteiger partial charge in [-0.1, -0.05) is 11.8 Å². The molecule has 0 aromatic carbocycles. The van der Waals surface area contributed by atoms with E-state index in [1.807, 2.05) is 13.8 Å². The largest absolute Gasteiger partial charge is 0.290 e. The van der Waals surface area contributed by atoms with Crippen molar-refractivity contribution in [3.8, 4) is 6.07 Å². The summed E-state index contributed by atoms with van der Waals surface area (Å²) in [4.78, 5) is 18.9. The lowest BCUT2D eigenvalue weighted by Gasteiger charge is -2.06. The molecule has 2 heterocycles. The molecule has 2 aromatic rings. The van der Waals surface area contributed by atoms with Crippen LogP contribution in [0.4, 0.5) is 0 Å². The summed E-state index contributed by atoms with van der Waals surface area (Å²) >= 11 is 3.11. The lowest BCUT2D eigenvalue weighted by atomic mass is 10.2. The molecular weight excluding hydrogens is 278 g/mol. The Hall–Kier alpha value is -1.32. The molecular formula is C13H15N3OS2. The number of thiophene rings is 1. The highest BCUT2D eigenvalue weighted by Crippen LogP contribution is 2.28. The van der Waals surface area contributed by atoms with Crippen LogP contribution >= 0.6 is 23.1 Å². The van der Waals surface area contributed by atoms with E-state index in [1.54, 1.807) is 23.0 Å². The molecule has 0 fully saturated rings. The molecule has 100 valence electrons. The zero-order valence-electron chi connectivity index (χ0n) is 11.2. The monoisotopic (exact) mass is 293 g/mol. The van der Waals surface area contributed by atoms with Crippen molar-refractivity contribution in [1.29, 1.82) is 5.26 Å². The van der Waals surface area contributed by atoms with Gasteiger partial charge in [0.1, 0.15) is 4.83 Å². The predicted molar refractivity (Wildman–Crippen MR) is 79.9 cm³/mol. The van der Waals surface area contributed by atoms with Gasteiger partial charge in [-0.25, -0.2) is 4.98 Å². The molecule has 2 rings (SSSR count). The molecule has 0 radical (unpaired) electrons. The van der Waals surface area contributed by atoms with Crippen molar-refractivity contribution < 1.29 is 0 Å². The van der Waals surface area contributed by atoms with Crippen molar-refractivity contribution >= 4 is 33.3 Å². The van der Waals surface area contributed by atoms with Gasteiger partial charge in [0.05, 0.1) is 11.5 Å². The Morgan fingerprint density at radius 3 is 2.89 bits per heavy atom. The van der Waals surface area contributed by atoms with Gasteiger partial charge in [-0.15, -0.1) is 11.3 Å². The molecule has 0 bridgehead atoms. The fourth-order valence-electron chi connectivity index (χ4n) is 1.80. The van der Waals surface area contributed by atoms with Gasteiger partial charge < -0.3 is 0 Å². The summed E-state index contributed by atoms with van der Waals surface area (Å²) in [5.41, 5.74) is 1.06. The Morgan fingerprint density at radius 2 is 2.21 bits per heavy atom. The number of unbranched alkanes of at least 4 members (excludes halogenated alkanes) is 1. The minimum absolute atomic E-state index is 0.0228. The van der Waals surface area contributed by atoms with Crippen LogP contribution in [-0.4, -0.2) is 15.3 Å². The Balaban J connectivity index is 2.39. The summed E-state index contributed by atoms with van der Waals surface area (Å²) in [6.07, 6.45) is 1.36. The maximum absolute atomic E-state index is 12.3. The standard InChI is InChI=1S/C13H15N3OS2/c1-8-9(2)19-11-10(8)12(17)16(3)13(15-11)18-7-5-4-6-14/h4-5,7H2,1-3H3. The molecule has 0 aliphatic rings. The second-order valence-corrected chi connectivity index (χ2v) is 6.60. The Kier molecular flexibility index (Phi) is 4.27. The van der Waals surface area contributed by atoms with Crippen molar-refractivity contribution in [3.05, 3.63) is 20.8 Å². The topological polar surface area (TPSA) is 58.7 Å². The van der Waals surface area contributed by atoms with Crippen molar-refractivity contribution in [2.45, 2.75) is 31.8 Å². The van der Waals surface area contributed by atoms with E-state index in [2.05, 4.69) is 11.1 Å². The first-order chi connectivity index (χ1) is 9.06. The Bertz CT molecular complexity index is 709. The van der Waals surface area contributed by atoms with E-state index >= 15 is 0 Å². The van der Waals surface area contributed by atoms with Crippen LogP contribution < -0.4 is 5.56 Å². The maximum Gasteiger partial charge on any atom is 0.262 e. The maximum atomic E-state index is 12.3. The van der Waals surface area contributed by atoms with Gasteiger partial charge in [0.25, 0.3) is 5.56 Å². The fourth-order valence-corrected chi connectivity index (χ4v) is 3.78. The summed E-state index contributed by atoms with van der Waals surface area (Å²) in [6, 6.07) is 2.12. The summed E-state index contributed by atoms with van der Waals surface area (Å²) in [5, 5.41) is 9.98. The van der Waals surface area contributed by atoms with Gasteiger partial charge in [-0.3, -0.25) is 9.36 Å². The number of hydrogen-bond acceptors (Lipinski definition) is 5. The molecule has 4 nitrogen and oxygen atoms in total. The van der Waals surface area contributed by atoms with Crippen LogP contribution in [0.15, 0.2) is 9.95 Å². The Labute approximate surface area is 120 Å². The lowest BCUT2D eigenvalue weighted by molar-refractivity contribution is 0.726. The van der Waals surface area contributed by atoms with Crippen LogP contribution in [-0.2, 0) is 7.05 Å². The zero-order valence-corrected chi connectivity index (χ0v) is 12.8. The Morgan fingerprint density at radius 1 is 1.47 bits per heavy atom. The summed E-state index contributed by atoms with van der Waals surface area (Å²) in [5.74, 6) is 0.808. The van der Waals surface area contributed by atoms with Gasteiger partial charge >= 0.3 is 0 Å². The smallest absolute Gasteiger partial charge is 0.262 e. The van der Waals surface area contributed by atoms with Crippen molar-refractivity contribution in [1.82, 2.24) is 9.55 Å². The first kappa shape index (κ1) is 14.1. The minimum Gasteiger partial charge on any atom is -0.290 e. The minimum atomic E-state index is 0.0228. The average Bonchev–Trinajstić information content (AvgIpc) is 2.66. The van der Waals surface area contributed by atoms with Gasteiger partial charge in [0.15, 0.2) is 5.16 Å². The molecule has 6 heteroatoms. The fraction of sp³-hybridized carbons (Fsp3) is 0.462. The van der Waals surface area contributed by atoms with Crippen LogP contribution in [0.5, 0.6) is 0 Å². The highest BCUT2D eigenvalue weighted by Gasteiger charge is 2.14. The molecule has 0 saturated carbocycles. The van der Waals surface area contributed by atoms with Crippen LogP contribution in [0.2, 0.25) is 0 Å². The number of rotatable bonds is 4. The molecule has 0 unspecified atom stereocenters. The van der Waals surface area contributed by atoms with Crippen molar-refractivity contribution in [3.63, 3.8) is 0 Å². The number of hydrogen-bond donors (Lipinski definition) is 0. The lowest BCUT2D eigenvalue weighted by Crippen LogP contribution is -2.19. The van der Waals surface area contributed by atoms with Crippen LogP contribution in [0.25, 0.3) is 10.2 Å². The van der Waals surface area contributed by atoms with E-state index in [1.165, 1.54) is 11.8 Å². The second-order valence-electron chi connectivity index (χ2n) is 4.33. The van der Waals surface area contributed by atoms with E-state index in [0.717, 1.165) is 38.0 Å². The van der Waals surface area contributed by atoms with Gasteiger partial charge in [-0.05, 0) is 25.8 Å². The normalized spacial score (nSPS) is 10.8. The predicted octanol–water partition coefficient (Wildman–Crippen LogP) is 3.01. The third-order valence-corrected chi connectivity index (χ3v) is 5.25. The van der Waals surface area contributed by atoms with E-state index in [0.29, 0.717) is 6.42 Å². The number of aryl methyl sites for hydroxylation is 2. The first-order valence-electron chi connectivity index (χ1n) is 6.02. The van der Waals surface area contributed by atoms with E-state index in [-0.39, 0.29) is 5.56 Å². The number of nitrogens with zero attached hydrogens (tertiary/aromatic N) is 3. The van der Waals surface area contributed by atoms with Crippen molar-refractivity contribution in [2.24, 2.45) is 7.05 Å². The summed E-state index contributed by atoms with van der Waals surface area (Å²) in [6.45, 7) is 3.98. The highest BCUT2D eigenvalue weighted by molar-refractivity contribution is 7.99. The number of thioether (sulfide) groups is 1.